The van der Waals surface area contributed by atoms with Gasteiger partial charge in [-0.05, 0) is 35.2 Å². The van der Waals surface area contributed by atoms with Crippen molar-refractivity contribution in [1.29, 1.82) is 0 Å². The van der Waals surface area contributed by atoms with E-state index in [4.69, 9.17) is 4.74 Å². The number of hydrogen-bond donors (Lipinski definition) is 0. The van der Waals surface area contributed by atoms with Gasteiger partial charge in [0.1, 0.15) is 6.04 Å². The summed E-state index contributed by atoms with van der Waals surface area (Å²) < 4.78 is 5.65. The molecule has 1 aliphatic heterocycles. The molecule has 1 saturated heterocycles. The number of esters is 1. The van der Waals surface area contributed by atoms with E-state index >= 15 is 0 Å². The predicted octanol–water partition coefficient (Wildman–Crippen LogP) is 1.77. The lowest BCUT2D eigenvalue weighted by molar-refractivity contribution is -0.142. The first-order valence-electron chi connectivity index (χ1n) is 5.54. The molecule has 6 heteroatoms. The fourth-order valence-electron chi connectivity index (χ4n) is 2.01. The second-order valence-electron chi connectivity index (χ2n) is 3.93. The van der Waals surface area contributed by atoms with Gasteiger partial charge in [-0.25, -0.2) is 14.8 Å². The van der Waals surface area contributed by atoms with Crippen LogP contribution in [0.4, 0.5) is 5.95 Å². The van der Waals surface area contributed by atoms with E-state index in [9.17, 15) is 4.79 Å². The summed E-state index contributed by atoms with van der Waals surface area (Å²) in [6, 6.07) is -0.255. The molecule has 2 rings (SSSR count). The van der Waals surface area contributed by atoms with Crippen molar-refractivity contribution in [1.82, 2.24) is 9.97 Å². The summed E-state index contributed by atoms with van der Waals surface area (Å²) in [7, 11) is 1.41. The lowest BCUT2D eigenvalue weighted by Crippen LogP contribution is -2.46. The van der Waals surface area contributed by atoms with Crippen LogP contribution in [0.25, 0.3) is 0 Å². The topological polar surface area (TPSA) is 55.3 Å². The molecule has 0 radical (unpaired) electrons. The normalized spacial score (nSPS) is 20.1. The quantitative estimate of drug-likeness (QED) is 0.779. The summed E-state index contributed by atoms with van der Waals surface area (Å²) in [5, 5.41) is 0. The van der Waals surface area contributed by atoms with Gasteiger partial charge in [-0.15, -0.1) is 0 Å². The number of methoxy groups -OCH3 is 1. The zero-order chi connectivity index (χ0) is 12.3. The molecule has 5 nitrogen and oxygen atoms in total. The van der Waals surface area contributed by atoms with Crippen LogP contribution in [0.2, 0.25) is 0 Å². The third-order valence-corrected chi connectivity index (χ3v) is 3.25. The van der Waals surface area contributed by atoms with Gasteiger partial charge >= 0.3 is 5.97 Å². The van der Waals surface area contributed by atoms with Crippen molar-refractivity contribution in [3.63, 3.8) is 0 Å². The SMILES string of the molecule is COC(=O)C1CCCCN1c1ncc(Br)cn1. The van der Waals surface area contributed by atoms with Crippen LogP contribution in [-0.4, -0.2) is 35.6 Å². The van der Waals surface area contributed by atoms with Gasteiger partial charge in [-0.2, -0.15) is 0 Å². The van der Waals surface area contributed by atoms with E-state index in [-0.39, 0.29) is 12.0 Å². The minimum absolute atomic E-state index is 0.212. The highest BCUT2D eigenvalue weighted by Gasteiger charge is 2.30. The molecule has 0 aliphatic carbocycles. The zero-order valence-electron chi connectivity index (χ0n) is 9.60. The van der Waals surface area contributed by atoms with Gasteiger partial charge in [0.2, 0.25) is 5.95 Å². The molecule has 1 unspecified atom stereocenters. The maximum atomic E-state index is 11.7. The van der Waals surface area contributed by atoms with Crippen LogP contribution >= 0.6 is 15.9 Å². The van der Waals surface area contributed by atoms with Crippen LogP contribution in [-0.2, 0) is 9.53 Å². The van der Waals surface area contributed by atoms with Crippen molar-refractivity contribution in [2.24, 2.45) is 0 Å². The van der Waals surface area contributed by atoms with Crippen LogP contribution in [0.5, 0.6) is 0 Å². The summed E-state index contributed by atoms with van der Waals surface area (Å²) in [5.74, 6) is 0.375. The first-order chi connectivity index (χ1) is 8.22. The summed E-state index contributed by atoms with van der Waals surface area (Å²) in [6.07, 6.45) is 6.25. The van der Waals surface area contributed by atoms with E-state index in [1.807, 2.05) is 4.90 Å². The molecule has 2 heterocycles. The monoisotopic (exact) mass is 299 g/mol. The maximum absolute atomic E-state index is 11.7. The highest BCUT2D eigenvalue weighted by Crippen LogP contribution is 2.22. The largest absolute Gasteiger partial charge is 0.467 e. The summed E-state index contributed by atoms with van der Waals surface area (Å²) in [4.78, 5) is 22.1. The number of halogens is 1. The molecular formula is C11H14BrN3O2. The average molecular weight is 300 g/mol. The Hall–Kier alpha value is -1.17. The molecule has 0 spiro atoms. The van der Waals surface area contributed by atoms with Crippen molar-refractivity contribution in [3.05, 3.63) is 16.9 Å². The van der Waals surface area contributed by atoms with Gasteiger partial charge in [0.25, 0.3) is 0 Å². The maximum Gasteiger partial charge on any atom is 0.328 e. The molecule has 17 heavy (non-hydrogen) atoms. The second kappa shape index (κ2) is 5.44. The minimum Gasteiger partial charge on any atom is -0.467 e. The van der Waals surface area contributed by atoms with Gasteiger partial charge in [0.15, 0.2) is 0 Å². The number of ether oxygens (including phenoxy) is 1. The zero-order valence-corrected chi connectivity index (χ0v) is 11.2. The van der Waals surface area contributed by atoms with Crippen molar-refractivity contribution in [2.75, 3.05) is 18.6 Å². The summed E-state index contributed by atoms with van der Waals surface area (Å²) >= 11 is 3.29. The first kappa shape index (κ1) is 12.3. The van der Waals surface area contributed by atoms with Crippen molar-refractivity contribution in [3.8, 4) is 0 Å². The molecule has 1 fully saturated rings. The van der Waals surface area contributed by atoms with Crippen LogP contribution in [0, 0.1) is 0 Å². The van der Waals surface area contributed by atoms with E-state index in [0.29, 0.717) is 5.95 Å². The molecule has 0 amide bonds. The minimum atomic E-state index is -0.255. The van der Waals surface area contributed by atoms with E-state index < -0.39 is 0 Å². The Morgan fingerprint density at radius 3 is 2.82 bits per heavy atom. The molecule has 1 aliphatic rings. The number of piperidine rings is 1. The number of carbonyl (C=O) groups is 1. The lowest BCUT2D eigenvalue weighted by Gasteiger charge is -2.33. The molecule has 1 aromatic heterocycles. The van der Waals surface area contributed by atoms with Crippen LogP contribution in [0.3, 0.4) is 0 Å². The van der Waals surface area contributed by atoms with Crippen molar-refractivity contribution < 1.29 is 9.53 Å². The number of carbonyl (C=O) groups excluding carboxylic acids is 1. The molecule has 1 aromatic rings. The summed E-state index contributed by atoms with van der Waals surface area (Å²) in [6.45, 7) is 0.793. The smallest absolute Gasteiger partial charge is 0.328 e. The van der Waals surface area contributed by atoms with Crippen molar-refractivity contribution >= 4 is 27.8 Å². The van der Waals surface area contributed by atoms with Gasteiger partial charge < -0.3 is 9.64 Å². The van der Waals surface area contributed by atoms with Gasteiger partial charge in [0.05, 0.1) is 11.6 Å². The van der Waals surface area contributed by atoms with Gasteiger partial charge in [-0.3, -0.25) is 0 Å². The third kappa shape index (κ3) is 2.74. The molecule has 0 N–H and O–H groups in total. The molecular weight excluding hydrogens is 286 g/mol. The van der Waals surface area contributed by atoms with E-state index in [2.05, 4.69) is 25.9 Å². The fourth-order valence-corrected chi connectivity index (χ4v) is 2.21. The van der Waals surface area contributed by atoms with Crippen LogP contribution in [0.15, 0.2) is 16.9 Å². The molecule has 1 atom stereocenters. The number of nitrogens with zero attached hydrogens (tertiary/aromatic N) is 3. The predicted molar refractivity (Wildman–Crippen MR) is 66.7 cm³/mol. The Morgan fingerprint density at radius 1 is 1.47 bits per heavy atom. The van der Waals surface area contributed by atoms with Gasteiger partial charge in [-0.1, -0.05) is 0 Å². The molecule has 0 saturated carbocycles. The Balaban J connectivity index is 2.21. The standard InChI is InChI=1S/C11H14BrN3O2/c1-17-10(16)9-4-2-3-5-15(9)11-13-6-8(12)7-14-11/h6-7,9H,2-5H2,1H3. The molecule has 92 valence electrons. The highest BCUT2D eigenvalue weighted by atomic mass is 79.9. The lowest BCUT2D eigenvalue weighted by atomic mass is 10.0. The first-order valence-corrected chi connectivity index (χ1v) is 6.33. The number of aromatic nitrogens is 2. The second-order valence-corrected chi connectivity index (χ2v) is 4.85. The number of hydrogen-bond acceptors (Lipinski definition) is 5. The van der Waals surface area contributed by atoms with E-state index in [0.717, 1.165) is 30.3 Å². The number of rotatable bonds is 2. The third-order valence-electron chi connectivity index (χ3n) is 2.84. The Labute approximate surface area is 108 Å². The van der Waals surface area contributed by atoms with Crippen molar-refractivity contribution in [2.45, 2.75) is 25.3 Å². The molecule has 0 bridgehead atoms. The molecule has 0 aromatic carbocycles. The highest BCUT2D eigenvalue weighted by molar-refractivity contribution is 9.10. The van der Waals surface area contributed by atoms with E-state index in [1.165, 1.54) is 7.11 Å². The van der Waals surface area contributed by atoms with E-state index in [1.54, 1.807) is 12.4 Å². The average Bonchev–Trinajstić information content (AvgIpc) is 2.39. The Kier molecular flexibility index (Phi) is 3.93. The van der Waals surface area contributed by atoms with Crippen LogP contribution < -0.4 is 4.90 Å². The van der Waals surface area contributed by atoms with Gasteiger partial charge in [0, 0.05) is 18.9 Å². The Morgan fingerprint density at radius 2 is 2.18 bits per heavy atom. The fraction of sp³-hybridized carbons (Fsp3) is 0.545. The number of anilines is 1. The van der Waals surface area contributed by atoms with Crippen LogP contribution in [0.1, 0.15) is 19.3 Å². The Bertz CT molecular complexity index is 396. The summed E-state index contributed by atoms with van der Waals surface area (Å²) in [5.41, 5.74) is 0.